The largest absolute Gasteiger partial charge is 0.415 e. The quantitative estimate of drug-likeness (QED) is 0.479. The van der Waals surface area contributed by atoms with Crippen LogP contribution in [0, 0.1) is 0 Å². The molecule has 0 N–H and O–H groups in total. The van der Waals surface area contributed by atoms with Gasteiger partial charge in [-0.1, -0.05) is 10.4 Å². The fourth-order valence-corrected chi connectivity index (χ4v) is 4.40. The van der Waals surface area contributed by atoms with Gasteiger partial charge in [-0.15, -0.1) is 0 Å². The lowest BCUT2D eigenvalue weighted by Gasteiger charge is -2.27. The Morgan fingerprint density at radius 1 is 0.750 bits per heavy atom. The molecule has 0 amide bonds. The van der Waals surface area contributed by atoms with Crippen LogP contribution in [-0.4, -0.2) is 65.0 Å². The van der Waals surface area contributed by atoms with E-state index in [1.807, 2.05) is 0 Å². The van der Waals surface area contributed by atoms with Crippen molar-refractivity contribution in [2.24, 2.45) is 10.4 Å². The third-order valence-corrected chi connectivity index (χ3v) is 6.44. The molecule has 2 rings (SSSR count). The molecule has 6 nitrogen and oxygen atoms in total. The fraction of sp³-hybridized carbons (Fsp3) is 1.00. The van der Waals surface area contributed by atoms with Crippen LogP contribution in [0.15, 0.2) is 10.4 Å². The van der Waals surface area contributed by atoms with Crippen LogP contribution in [-0.2, 0) is 8.85 Å². The summed E-state index contributed by atoms with van der Waals surface area (Å²) in [4.78, 5) is 0. The van der Waals surface area contributed by atoms with Crippen molar-refractivity contribution in [3.8, 4) is 0 Å². The molecule has 2 aliphatic heterocycles. The highest BCUT2D eigenvalue weighted by molar-refractivity contribution is 6.70. The van der Waals surface area contributed by atoms with Crippen molar-refractivity contribution < 1.29 is 8.85 Å². The molecule has 0 aromatic carbocycles. The minimum absolute atomic E-state index is 0.389. The van der Waals surface area contributed by atoms with Crippen molar-refractivity contribution in [3.05, 3.63) is 0 Å². The van der Waals surface area contributed by atoms with Gasteiger partial charge < -0.3 is 8.85 Å². The van der Waals surface area contributed by atoms with E-state index in [-0.39, 0.29) is 0 Å². The molecule has 2 saturated heterocycles. The smallest absolute Gasteiger partial charge is 0.183 e. The topological polar surface area (TPSA) is 49.7 Å². The van der Waals surface area contributed by atoms with Crippen molar-refractivity contribution in [2.75, 3.05) is 26.3 Å². The summed E-state index contributed by atoms with van der Waals surface area (Å²) < 4.78 is 12.2. The van der Waals surface area contributed by atoms with E-state index < -0.39 is 16.6 Å². The first-order valence-electron chi connectivity index (χ1n) is 9.37. The number of rotatable bonds is 8. The predicted molar refractivity (Wildman–Crippen MR) is 103 cm³/mol. The van der Waals surface area contributed by atoms with Gasteiger partial charge in [-0.3, -0.25) is 10.0 Å². The van der Waals surface area contributed by atoms with E-state index in [4.69, 9.17) is 8.85 Å². The lowest BCUT2D eigenvalue weighted by molar-refractivity contribution is 0.122. The maximum Gasteiger partial charge on any atom is 0.183 e. The van der Waals surface area contributed by atoms with Gasteiger partial charge in [0.05, 0.1) is 25.3 Å². The minimum atomic E-state index is -1.46. The molecule has 0 aliphatic carbocycles. The van der Waals surface area contributed by atoms with Crippen LogP contribution in [0.2, 0.25) is 39.3 Å². The highest BCUT2D eigenvalue weighted by atomic mass is 28.4. The molecule has 0 aromatic rings. The van der Waals surface area contributed by atoms with Gasteiger partial charge >= 0.3 is 0 Å². The molecule has 140 valence electrons. The van der Waals surface area contributed by atoms with Gasteiger partial charge in [0.2, 0.25) is 0 Å². The van der Waals surface area contributed by atoms with Crippen molar-refractivity contribution in [1.82, 2.24) is 10.0 Å². The van der Waals surface area contributed by atoms with Gasteiger partial charge in [0.15, 0.2) is 16.6 Å². The van der Waals surface area contributed by atoms with Crippen molar-refractivity contribution in [3.63, 3.8) is 0 Å². The summed E-state index contributed by atoms with van der Waals surface area (Å²) in [7, 11) is -2.93. The van der Waals surface area contributed by atoms with Crippen LogP contribution >= 0.6 is 0 Å². The summed E-state index contributed by atoms with van der Waals surface area (Å²) in [6, 6.07) is 0.777. The average molecular weight is 373 g/mol. The van der Waals surface area contributed by atoms with Crippen LogP contribution in [0.3, 0.4) is 0 Å². The van der Waals surface area contributed by atoms with Gasteiger partial charge in [-0.05, 0) is 65.0 Å². The Morgan fingerprint density at radius 3 is 1.46 bits per heavy atom. The first-order chi connectivity index (χ1) is 11.1. The molecule has 2 aliphatic rings. The summed E-state index contributed by atoms with van der Waals surface area (Å²) >= 11 is 0. The van der Waals surface area contributed by atoms with Gasteiger partial charge in [0.1, 0.15) is 0 Å². The zero-order chi connectivity index (χ0) is 17.8. The Kier molecular flexibility index (Phi) is 6.86. The fourth-order valence-electron chi connectivity index (χ4n) is 3.01. The normalized spacial score (nSPS) is 26.1. The van der Waals surface area contributed by atoms with E-state index in [1.165, 1.54) is 12.8 Å². The second kappa shape index (κ2) is 8.29. The molecule has 0 radical (unpaired) electrons. The molecule has 0 unspecified atom stereocenters. The molecule has 2 atom stereocenters. The van der Waals surface area contributed by atoms with Crippen molar-refractivity contribution in [1.29, 1.82) is 0 Å². The van der Waals surface area contributed by atoms with Crippen LogP contribution in [0.4, 0.5) is 0 Å². The molecule has 2 fully saturated rings. The molecule has 24 heavy (non-hydrogen) atoms. The zero-order valence-corrected chi connectivity index (χ0v) is 18.4. The standard InChI is InChI=1S/C16H36N4O2Si2/c1-23(2,3)21-13-15-9-7-11-19(15)17-18-20-12-8-10-16(20)14-22-24(4,5)6/h15-16H,7-14H2,1-6H3/b18-17+/t15-,16-/m0/s1. The lowest BCUT2D eigenvalue weighted by Crippen LogP contribution is -2.37. The first-order valence-corrected chi connectivity index (χ1v) is 16.2. The van der Waals surface area contributed by atoms with Crippen LogP contribution in [0.1, 0.15) is 25.7 Å². The molecule has 0 saturated carbocycles. The van der Waals surface area contributed by atoms with Crippen LogP contribution < -0.4 is 0 Å². The molecule has 0 aromatic heterocycles. The molecule has 0 bridgehead atoms. The average Bonchev–Trinajstić information content (AvgIpc) is 3.08. The SMILES string of the molecule is C[Si](C)(C)OC[C@@H]1CCCN1/N=N/N1CCC[C@H]1CO[Si](C)(C)C. The van der Waals surface area contributed by atoms with E-state index in [0.29, 0.717) is 12.1 Å². The number of hydrogen-bond acceptors (Lipinski definition) is 4. The van der Waals surface area contributed by atoms with E-state index in [2.05, 4.69) is 59.7 Å². The summed E-state index contributed by atoms with van der Waals surface area (Å²) in [6.45, 7) is 17.0. The third-order valence-electron chi connectivity index (χ3n) is 4.38. The van der Waals surface area contributed by atoms with E-state index in [9.17, 15) is 0 Å². The molecular weight excluding hydrogens is 336 g/mol. The number of nitrogens with zero attached hydrogens (tertiary/aromatic N) is 4. The Bertz CT molecular complexity index is 385. The summed E-state index contributed by atoms with van der Waals surface area (Å²) in [6.07, 6.45) is 4.68. The van der Waals surface area contributed by atoms with Crippen molar-refractivity contribution in [2.45, 2.75) is 77.0 Å². The zero-order valence-electron chi connectivity index (χ0n) is 16.4. The van der Waals surface area contributed by atoms with Gasteiger partial charge in [-0.25, -0.2) is 0 Å². The Morgan fingerprint density at radius 2 is 1.12 bits per heavy atom. The lowest BCUT2D eigenvalue weighted by atomic mass is 10.2. The third kappa shape index (κ3) is 6.81. The van der Waals surface area contributed by atoms with E-state index in [0.717, 1.165) is 39.1 Å². The summed E-state index contributed by atoms with van der Waals surface area (Å²) in [5, 5.41) is 13.4. The maximum absolute atomic E-state index is 6.08. The second-order valence-corrected chi connectivity index (χ2v) is 18.0. The molecule has 2 heterocycles. The maximum atomic E-state index is 6.08. The van der Waals surface area contributed by atoms with E-state index >= 15 is 0 Å². The van der Waals surface area contributed by atoms with Crippen LogP contribution in [0.5, 0.6) is 0 Å². The Balaban J connectivity index is 1.84. The molecule has 0 spiro atoms. The second-order valence-electron chi connectivity index (χ2n) is 8.94. The highest BCUT2D eigenvalue weighted by Gasteiger charge is 2.29. The van der Waals surface area contributed by atoms with Crippen LogP contribution in [0.25, 0.3) is 0 Å². The summed E-state index contributed by atoms with van der Waals surface area (Å²) in [5.74, 6) is 0. The predicted octanol–water partition coefficient (Wildman–Crippen LogP) is 3.90. The van der Waals surface area contributed by atoms with Gasteiger partial charge in [0.25, 0.3) is 0 Å². The summed E-state index contributed by atoms with van der Waals surface area (Å²) in [5.41, 5.74) is 0. The van der Waals surface area contributed by atoms with Gasteiger partial charge in [-0.2, -0.15) is 0 Å². The number of hydrogen-bond donors (Lipinski definition) is 0. The van der Waals surface area contributed by atoms with Crippen molar-refractivity contribution >= 4 is 16.6 Å². The Hall–Kier alpha value is -0.446. The molecule has 8 heteroatoms. The highest BCUT2D eigenvalue weighted by Crippen LogP contribution is 2.23. The minimum Gasteiger partial charge on any atom is -0.415 e. The van der Waals surface area contributed by atoms with Gasteiger partial charge in [0, 0.05) is 13.1 Å². The monoisotopic (exact) mass is 372 g/mol. The first kappa shape index (κ1) is 19.9. The Labute approximate surface area is 149 Å². The molecular formula is C16H36N4O2Si2. The van der Waals surface area contributed by atoms with E-state index in [1.54, 1.807) is 0 Å².